The van der Waals surface area contributed by atoms with Crippen LogP contribution >= 0.6 is 11.6 Å². The number of nitrogens with two attached hydrogens (primary N) is 1. The van der Waals surface area contributed by atoms with Crippen molar-refractivity contribution in [1.29, 1.82) is 0 Å². The summed E-state index contributed by atoms with van der Waals surface area (Å²) in [7, 11) is 0. The Bertz CT molecular complexity index is 589. The van der Waals surface area contributed by atoms with Crippen LogP contribution in [0.3, 0.4) is 0 Å². The molecule has 0 spiro atoms. The molecule has 7 heteroatoms. The van der Waals surface area contributed by atoms with E-state index >= 15 is 0 Å². The second-order valence-corrected chi connectivity index (χ2v) is 4.33. The van der Waals surface area contributed by atoms with Crippen LogP contribution in [-0.4, -0.2) is 9.55 Å². The zero-order chi connectivity index (χ0) is 13.5. The van der Waals surface area contributed by atoms with Gasteiger partial charge in [0.25, 0.3) is 0 Å². The molecule has 2 aromatic rings. The Kier molecular flexibility index (Phi) is 3.14. The van der Waals surface area contributed by atoms with Gasteiger partial charge in [0.2, 0.25) is 0 Å². The van der Waals surface area contributed by atoms with Gasteiger partial charge in [-0.15, -0.1) is 0 Å². The molecule has 0 fully saturated rings. The fourth-order valence-corrected chi connectivity index (χ4v) is 2.11. The van der Waals surface area contributed by atoms with Crippen molar-refractivity contribution in [2.24, 2.45) is 0 Å². The Labute approximate surface area is 106 Å². The van der Waals surface area contributed by atoms with Crippen molar-refractivity contribution in [2.45, 2.75) is 26.1 Å². The minimum Gasteiger partial charge on any atom is -0.396 e. The molecule has 0 saturated carbocycles. The van der Waals surface area contributed by atoms with Crippen LogP contribution in [0, 0.1) is 0 Å². The molecule has 1 aromatic carbocycles. The lowest BCUT2D eigenvalue weighted by atomic mass is 10.1. The number of benzene rings is 1. The van der Waals surface area contributed by atoms with Gasteiger partial charge in [0, 0.05) is 6.54 Å². The van der Waals surface area contributed by atoms with Gasteiger partial charge in [0.1, 0.15) is 0 Å². The lowest BCUT2D eigenvalue weighted by molar-refractivity contribution is -0.137. The van der Waals surface area contributed by atoms with Crippen molar-refractivity contribution < 1.29 is 13.2 Å². The van der Waals surface area contributed by atoms with Crippen molar-refractivity contribution in [2.75, 3.05) is 5.73 Å². The van der Waals surface area contributed by atoms with Crippen molar-refractivity contribution >= 4 is 28.3 Å². The number of imidazole rings is 1. The number of rotatable bonds is 2. The van der Waals surface area contributed by atoms with E-state index in [0.717, 1.165) is 12.5 Å². The summed E-state index contributed by atoms with van der Waals surface area (Å²) in [6.07, 6.45) is -2.24. The molecule has 0 aliphatic heterocycles. The molecule has 2 rings (SSSR count). The molecule has 98 valence electrons. The number of aryl methyl sites for hydroxylation is 1. The third-order valence-corrected chi connectivity index (χ3v) is 3.05. The van der Waals surface area contributed by atoms with Gasteiger partial charge in [0.05, 0.1) is 33.6 Å². The SMILES string of the molecule is CCCn1cnc2cc(C(F)(F)F)c(Cl)c(N)c21. The Balaban J connectivity index is 2.73. The van der Waals surface area contributed by atoms with Crippen LogP contribution in [-0.2, 0) is 12.7 Å². The van der Waals surface area contributed by atoms with Crippen LogP contribution in [0.2, 0.25) is 5.02 Å². The first-order valence-electron chi connectivity index (χ1n) is 5.36. The van der Waals surface area contributed by atoms with E-state index in [1.165, 1.54) is 6.33 Å². The molecule has 1 aromatic heterocycles. The lowest BCUT2D eigenvalue weighted by Gasteiger charge is -2.12. The number of aromatic nitrogens is 2. The summed E-state index contributed by atoms with van der Waals surface area (Å²) in [5, 5.41) is -0.465. The molecule has 0 saturated heterocycles. The first-order valence-corrected chi connectivity index (χ1v) is 5.74. The van der Waals surface area contributed by atoms with Crippen LogP contribution in [0.5, 0.6) is 0 Å². The van der Waals surface area contributed by atoms with E-state index in [9.17, 15) is 13.2 Å². The van der Waals surface area contributed by atoms with Crippen LogP contribution in [0.1, 0.15) is 18.9 Å². The van der Waals surface area contributed by atoms with Crippen molar-refractivity contribution in [1.82, 2.24) is 9.55 Å². The first kappa shape index (κ1) is 13.0. The number of nitrogens with zero attached hydrogens (tertiary/aromatic N) is 2. The predicted octanol–water partition coefficient (Wildman–Crippen LogP) is 3.70. The van der Waals surface area contributed by atoms with Crippen molar-refractivity contribution in [3.8, 4) is 0 Å². The van der Waals surface area contributed by atoms with Gasteiger partial charge >= 0.3 is 6.18 Å². The van der Waals surface area contributed by atoms with Gasteiger partial charge in [-0.05, 0) is 12.5 Å². The van der Waals surface area contributed by atoms with Crippen molar-refractivity contribution in [3.63, 3.8) is 0 Å². The Hall–Kier alpha value is -1.43. The average molecular weight is 278 g/mol. The second kappa shape index (κ2) is 4.35. The fraction of sp³-hybridized carbons (Fsp3) is 0.364. The minimum atomic E-state index is -4.53. The Morgan fingerprint density at radius 3 is 2.67 bits per heavy atom. The molecule has 0 bridgehead atoms. The quantitative estimate of drug-likeness (QED) is 0.851. The lowest BCUT2D eigenvalue weighted by Crippen LogP contribution is -2.08. The number of hydrogen-bond donors (Lipinski definition) is 1. The molecular formula is C11H11ClF3N3. The molecule has 1 heterocycles. The molecule has 0 aliphatic carbocycles. The standard InChI is InChI=1S/C11H11ClF3N3/c1-2-3-18-5-17-7-4-6(11(13,14)15)8(12)9(16)10(7)18/h4-5H,2-3,16H2,1H3. The summed E-state index contributed by atoms with van der Waals surface area (Å²) < 4.78 is 39.9. The highest BCUT2D eigenvalue weighted by Crippen LogP contribution is 2.40. The van der Waals surface area contributed by atoms with E-state index in [4.69, 9.17) is 17.3 Å². The molecule has 0 amide bonds. The van der Waals surface area contributed by atoms with E-state index in [1.54, 1.807) is 4.57 Å². The summed E-state index contributed by atoms with van der Waals surface area (Å²) in [5.41, 5.74) is 5.33. The van der Waals surface area contributed by atoms with E-state index in [0.29, 0.717) is 12.1 Å². The highest BCUT2D eigenvalue weighted by atomic mass is 35.5. The minimum absolute atomic E-state index is 0.0764. The van der Waals surface area contributed by atoms with Gasteiger partial charge in [-0.25, -0.2) is 4.98 Å². The third-order valence-electron chi connectivity index (χ3n) is 2.65. The zero-order valence-corrected chi connectivity index (χ0v) is 10.3. The summed E-state index contributed by atoms with van der Waals surface area (Å²) in [6.45, 7) is 2.58. The average Bonchev–Trinajstić information content (AvgIpc) is 2.66. The maximum Gasteiger partial charge on any atom is 0.418 e. The van der Waals surface area contributed by atoms with Gasteiger partial charge in [0.15, 0.2) is 0 Å². The van der Waals surface area contributed by atoms with Crippen LogP contribution in [0.15, 0.2) is 12.4 Å². The molecule has 2 N–H and O–H groups in total. The molecule has 0 radical (unpaired) electrons. The van der Waals surface area contributed by atoms with Crippen molar-refractivity contribution in [3.05, 3.63) is 23.0 Å². The van der Waals surface area contributed by atoms with E-state index in [2.05, 4.69) is 4.98 Å². The molecule has 3 nitrogen and oxygen atoms in total. The summed E-state index contributed by atoms with van der Waals surface area (Å²) in [4.78, 5) is 3.94. The molecule has 0 unspecified atom stereocenters. The number of halogens is 4. The molecule has 18 heavy (non-hydrogen) atoms. The maximum atomic E-state index is 12.7. The molecule has 0 atom stereocenters. The van der Waals surface area contributed by atoms with E-state index in [-0.39, 0.29) is 11.2 Å². The number of nitrogen functional groups attached to an aromatic ring is 1. The highest BCUT2D eigenvalue weighted by molar-refractivity contribution is 6.35. The largest absolute Gasteiger partial charge is 0.418 e. The normalized spacial score (nSPS) is 12.3. The third kappa shape index (κ3) is 2.01. The second-order valence-electron chi connectivity index (χ2n) is 3.96. The summed E-state index contributed by atoms with van der Waals surface area (Å²) in [6, 6.07) is 0.931. The number of anilines is 1. The topological polar surface area (TPSA) is 43.8 Å². The highest BCUT2D eigenvalue weighted by Gasteiger charge is 2.35. The van der Waals surface area contributed by atoms with E-state index < -0.39 is 16.8 Å². The monoisotopic (exact) mass is 277 g/mol. The first-order chi connectivity index (χ1) is 8.36. The summed E-state index contributed by atoms with van der Waals surface area (Å²) >= 11 is 5.70. The van der Waals surface area contributed by atoms with Crippen LogP contribution in [0.4, 0.5) is 18.9 Å². The van der Waals surface area contributed by atoms with Gasteiger partial charge in [-0.1, -0.05) is 18.5 Å². The van der Waals surface area contributed by atoms with Crippen LogP contribution in [0.25, 0.3) is 11.0 Å². The zero-order valence-electron chi connectivity index (χ0n) is 9.55. The molecule has 0 aliphatic rings. The smallest absolute Gasteiger partial charge is 0.396 e. The van der Waals surface area contributed by atoms with E-state index in [1.807, 2.05) is 6.92 Å². The molecular weight excluding hydrogens is 267 g/mol. The number of alkyl halides is 3. The maximum absolute atomic E-state index is 12.7. The Morgan fingerprint density at radius 1 is 1.44 bits per heavy atom. The fourth-order valence-electron chi connectivity index (χ4n) is 1.86. The summed E-state index contributed by atoms with van der Waals surface area (Å²) in [5.74, 6) is 0. The Morgan fingerprint density at radius 2 is 2.11 bits per heavy atom. The van der Waals surface area contributed by atoms with Gasteiger partial charge in [-0.3, -0.25) is 0 Å². The van der Waals surface area contributed by atoms with Crippen LogP contribution < -0.4 is 5.73 Å². The number of fused-ring (bicyclic) bond motifs is 1. The van der Waals surface area contributed by atoms with Gasteiger partial charge < -0.3 is 10.3 Å². The van der Waals surface area contributed by atoms with Gasteiger partial charge in [-0.2, -0.15) is 13.2 Å². The predicted molar refractivity (Wildman–Crippen MR) is 64.4 cm³/mol. The number of hydrogen-bond acceptors (Lipinski definition) is 2.